The molecule has 0 atom stereocenters. The molecule has 0 saturated heterocycles. The second-order valence-electron chi connectivity index (χ2n) is 4.50. The van der Waals surface area contributed by atoms with Gasteiger partial charge < -0.3 is 20.1 Å². The van der Waals surface area contributed by atoms with Gasteiger partial charge in [0.25, 0.3) is 0 Å². The number of hydrogen-bond donors (Lipinski definition) is 2. The van der Waals surface area contributed by atoms with Crippen LogP contribution in [0.2, 0.25) is 0 Å². The zero-order chi connectivity index (χ0) is 14.8. The number of rotatable bonds is 7. The van der Waals surface area contributed by atoms with Gasteiger partial charge in [-0.2, -0.15) is 0 Å². The SMILES string of the molecule is CN=C(NCCCOC)NCc1ccc(OC)c(C)c1.I. The summed E-state index contributed by atoms with van der Waals surface area (Å²) in [6.07, 6.45) is 0.957. The van der Waals surface area contributed by atoms with E-state index in [1.807, 2.05) is 13.0 Å². The number of aryl methyl sites for hydroxylation is 1. The van der Waals surface area contributed by atoms with Gasteiger partial charge in [-0.3, -0.25) is 4.99 Å². The van der Waals surface area contributed by atoms with E-state index in [0.717, 1.165) is 43.4 Å². The average Bonchev–Trinajstić information content (AvgIpc) is 2.46. The van der Waals surface area contributed by atoms with Crippen molar-refractivity contribution in [2.45, 2.75) is 19.9 Å². The van der Waals surface area contributed by atoms with Crippen molar-refractivity contribution in [3.8, 4) is 5.75 Å². The lowest BCUT2D eigenvalue weighted by atomic mass is 10.1. The van der Waals surface area contributed by atoms with Crippen molar-refractivity contribution in [2.24, 2.45) is 4.99 Å². The molecule has 120 valence electrons. The van der Waals surface area contributed by atoms with E-state index in [1.54, 1.807) is 21.3 Å². The van der Waals surface area contributed by atoms with Gasteiger partial charge in [0.2, 0.25) is 0 Å². The van der Waals surface area contributed by atoms with Crippen LogP contribution < -0.4 is 15.4 Å². The molecule has 0 radical (unpaired) electrons. The lowest BCUT2D eigenvalue weighted by Gasteiger charge is -2.13. The first kappa shape index (κ1) is 20.0. The van der Waals surface area contributed by atoms with E-state index in [-0.39, 0.29) is 24.0 Å². The molecule has 1 aromatic rings. The zero-order valence-electron chi connectivity index (χ0n) is 13.2. The van der Waals surface area contributed by atoms with Crippen molar-refractivity contribution < 1.29 is 9.47 Å². The molecule has 0 unspecified atom stereocenters. The first-order valence-electron chi connectivity index (χ1n) is 6.78. The lowest BCUT2D eigenvalue weighted by molar-refractivity contribution is 0.195. The Morgan fingerprint density at radius 1 is 1.24 bits per heavy atom. The monoisotopic (exact) mass is 407 g/mol. The molecule has 5 nitrogen and oxygen atoms in total. The van der Waals surface area contributed by atoms with Crippen molar-refractivity contribution in [3.05, 3.63) is 29.3 Å². The number of nitrogens with zero attached hydrogens (tertiary/aromatic N) is 1. The highest BCUT2D eigenvalue weighted by Gasteiger charge is 2.01. The van der Waals surface area contributed by atoms with Gasteiger partial charge in [-0.1, -0.05) is 12.1 Å². The minimum Gasteiger partial charge on any atom is -0.496 e. The first-order chi connectivity index (χ1) is 9.71. The topological polar surface area (TPSA) is 54.9 Å². The Labute approximate surface area is 144 Å². The van der Waals surface area contributed by atoms with Gasteiger partial charge in [-0.25, -0.2) is 0 Å². The van der Waals surface area contributed by atoms with Crippen LogP contribution in [-0.2, 0) is 11.3 Å². The van der Waals surface area contributed by atoms with E-state index in [4.69, 9.17) is 9.47 Å². The second kappa shape index (κ2) is 11.6. The van der Waals surface area contributed by atoms with Crippen LogP contribution in [0.1, 0.15) is 17.5 Å². The molecule has 21 heavy (non-hydrogen) atoms. The zero-order valence-corrected chi connectivity index (χ0v) is 15.6. The molecular formula is C15H26IN3O2. The van der Waals surface area contributed by atoms with E-state index in [9.17, 15) is 0 Å². The molecular weight excluding hydrogens is 381 g/mol. The van der Waals surface area contributed by atoms with Crippen LogP contribution in [0.15, 0.2) is 23.2 Å². The quantitative estimate of drug-likeness (QED) is 0.315. The molecule has 0 aromatic heterocycles. The van der Waals surface area contributed by atoms with Crippen molar-refractivity contribution >= 4 is 29.9 Å². The molecule has 0 spiro atoms. The summed E-state index contributed by atoms with van der Waals surface area (Å²) in [6.45, 7) is 4.37. The van der Waals surface area contributed by atoms with E-state index < -0.39 is 0 Å². The first-order valence-corrected chi connectivity index (χ1v) is 6.78. The Hall–Kier alpha value is -1.02. The number of ether oxygens (including phenoxy) is 2. The van der Waals surface area contributed by atoms with Gasteiger partial charge >= 0.3 is 0 Å². The Morgan fingerprint density at radius 3 is 2.57 bits per heavy atom. The lowest BCUT2D eigenvalue weighted by Crippen LogP contribution is -2.37. The van der Waals surface area contributed by atoms with Crippen LogP contribution >= 0.6 is 24.0 Å². The van der Waals surface area contributed by atoms with Crippen LogP contribution in [-0.4, -0.2) is 40.4 Å². The highest BCUT2D eigenvalue weighted by atomic mass is 127. The van der Waals surface area contributed by atoms with Gasteiger partial charge in [-0.15, -0.1) is 24.0 Å². The van der Waals surface area contributed by atoms with Crippen LogP contribution in [0, 0.1) is 6.92 Å². The molecule has 6 heteroatoms. The Bertz CT molecular complexity index is 439. The van der Waals surface area contributed by atoms with Crippen molar-refractivity contribution in [1.29, 1.82) is 0 Å². The standard InChI is InChI=1S/C15H25N3O2.HI/c1-12-10-13(6-7-14(12)20-4)11-18-15(16-2)17-8-5-9-19-3;/h6-7,10H,5,8-9,11H2,1-4H3,(H2,16,17,18);1H. The molecule has 0 aliphatic heterocycles. The largest absolute Gasteiger partial charge is 0.496 e. The molecule has 1 aromatic carbocycles. The predicted octanol–water partition coefficient (Wildman–Crippen LogP) is 2.32. The third-order valence-electron chi connectivity index (χ3n) is 2.96. The highest BCUT2D eigenvalue weighted by Crippen LogP contribution is 2.18. The van der Waals surface area contributed by atoms with Crippen molar-refractivity contribution in [3.63, 3.8) is 0 Å². The molecule has 0 aliphatic carbocycles. The number of aliphatic imine (C=N–C) groups is 1. The van der Waals surface area contributed by atoms with E-state index in [2.05, 4.69) is 27.8 Å². The second-order valence-corrected chi connectivity index (χ2v) is 4.50. The summed E-state index contributed by atoms with van der Waals surface area (Å²) in [7, 11) is 5.16. The van der Waals surface area contributed by atoms with Crippen LogP contribution in [0.3, 0.4) is 0 Å². The number of halogens is 1. The third-order valence-corrected chi connectivity index (χ3v) is 2.96. The number of nitrogens with one attached hydrogen (secondary N) is 2. The van der Waals surface area contributed by atoms with E-state index >= 15 is 0 Å². The maximum atomic E-state index is 5.25. The van der Waals surface area contributed by atoms with E-state index in [1.165, 1.54) is 5.56 Å². The van der Waals surface area contributed by atoms with Gasteiger partial charge in [0.1, 0.15) is 5.75 Å². The number of methoxy groups -OCH3 is 2. The van der Waals surface area contributed by atoms with Crippen molar-refractivity contribution in [1.82, 2.24) is 10.6 Å². The minimum absolute atomic E-state index is 0. The van der Waals surface area contributed by atoms with Gasteiger partial charge in [0.15, 0.2) is 5.96 Å². The third kappa shape index (κ3) is 7.52. The van der Waals surface area contributed by atoms with Crippen molar-refractivity contribution in [2.75, 3.05) is 34.4 Å². The number of benzene rings is 1. The molecule has 0 bridgehead atoms. The fourth-order valence-corrected chi connectivity index (χ4v) is 1.88. The molecule has 0 amide bonds. The molecule has 0 saturated carbocycles. The van der Waals surface area contributed by atoms with Crippen LogP contribution in [0.5, 0.6) is 5.75 Å². The average molecular weight is 407 g/mol. The maximum absolute atomic E-state index is 5.25. The molecule has 2 N–H and O–H groups in total. The van der Waals surface area contributed by atoms with Crippen LogP contribution in [0.4, 0.5) is 0 Å². The predicted molar refractivity (Wildman–Crippen MR) is 97.8 cm³/mol. The molecule has 1 rings (SSSR count). The number of guanidine groups is 1. The van der Waals surface area contributed by atoms with Gasteiger partial charge in [0.05, 0.1) is 7.11 Å². The summed E-state index contributed by atoms with van der Waals surface area (Å²) in [4.78, 5) is 4.19. The summed E-state index contributed by atoms with van der Waals surface area (Å²) < 4.78 is 10.3. The fourth-order valence-electron chi connectivity index (χ4n) is 1.88. The molecule has 0 fully saturated rings. The number of hydrogen-bond acceptors (Lipinski definition) is 3. The Balaban J connectivity index is 0.00000400. The van der Waals surface area contributed by atoms with Crippen LogP contribution in [0.25, 0.3) is 0 Å². The summed E-state index contributed by atoms with van der Waals surface area (Å²) in [5.74, 6) is 1.71. The summed E-state index contributed by atoms with van der Waals surface area (Å²) in [6, 6.07) is 6.15. The minimum atomic E-state index is 0. The Kier molecular flexibility index (Phi) is 11.1. The Morgan fingerprint density at radius 2 is 2.00 bits per heavy atom. The molecule has 0 heterocycles. The summed E-state index contributed by atoms with van der Waals surface area (Å²) in [5.41, 5.74) is 2.33. The van der Waals surface area contributed by atoms with E-state index in [0.29, 0.717) is 0 Å². The normalized spacial score (nSPS) is 10.8. The fraction of sp³-hybridized carbons (Fsp3) is 0.533. The van der Waals surface area contributed by atoms with Gasteiger partial charge in [-0.05, 0) is 30.5 Å². The maximum Gasteiger partial charge on any atom is 0.191 e. The smallest absolute Gasteiger partial charge is 0.191 e. The molecule has 0 aliphatic rings. The highest BCUT2D eigenvalue weighted by molar-refractivity contribution is 14.0. The van der Waals surface area contributed by atoms with Gasteiger partial charge in [0, 0.05) is 33.9 Å². The summed E-state index contributed by atoms with van der Waals surface area (Å²) in [5, 5.41) is 6.53. The summed E-state index contributed by atoms with van der Waals surface area (Å²) >= 11 is 0.